The molecule has 1 fully saturated rings. The lowest BCUT2D eigenvalue weighted by atomic mass is 10.3. The average Bonchev–Trinajstić information content (AvgIpc) is 2.92. The monoisotopic (exact) mass is 253 g/mol. The van der Waals surface area contributed by atoms with Crippen molar-refractivity contribution in [3.63, 3.8) is 0 Å². The molecule has 0 aromatic carbocycles. The van der Waals surface area contributed by atoms with Crippen LogP contribution in [0, 0.1) is 0 Å². The maximum Gasteiger partial charge on any atom is 0.148 e. The standard InChI is InChI=1S/C9H19NO3S2/c1-15(12,13)5-4-14-7-9(6-11)10-8-2-3-8/h8-11H,2-7H2,1H3. The van der Waals surface area contributed by atoms with Crippen molar-refractivity contribution in [1.82, 2.24) is 5.32 Å². The molecule has 15 heavy (non-hydrogen) atoms. The minimum atomic E-state index is -2.84. The van der Waals surface area contributed by atoms with Crippen LogP contribution in [0.3, 0.4) is 0 Å². The van der Waals surface area contributed by atoms with Crippen molar-refractivity contribution in [2.45, 2.75) is 24.9 Å². The molecule has 0 saturated heterocycles. The molecule has 1 aliphatic carbocycles. The molecule has 0 aromatic rings. The van der Waals surface area contributed by atoms with Crippen LogP contribution in [0.4, 0.5) is 0 Å². The summed E-state index contributed by atoms with van der Waals surface area (Å²) in [6.45, 7) is 0.127. The van der Waals surface area contributed by atoms with Crippen LogP contribution in [0.2, 0.25) is 0 Å². The Morgan fingerprint density at radius 1 is 1.53 bits per heavy atom. The van der Waals surface area contributed by atoms with Gasteiger partial charge in [-0.3, -0.25) is 0 Å². The number of aliphatic hydroxyl groups excluding tert-OH is 1. The maximum atomic E-state index is 10.9. The normalized spacial score (nSPS) is 19.1. The van der Waals surface area contributed by atoms with E-state index in [4.69, 9.17) is 5.11 Å². The van der Waals surface area contributed by atoms with E-state index >= 15 is 0 Å². The third-order valence-corrected chi connectivity index (χ3v) is 4.52. The molecule has 0 spiro atoms. The van der Waals surface area contributed by atoms with E-state index in [9.17, 15) is 8.42 Å². The summed E-state index contributed by atoms with van der Waals surface area (Å²) >= 11 is 1.58. The number of hydrogen-bond acceptors (Lipinski definition) is 5. The van der Waals surface area contributed by atoms with E-state index in [1.54, 1.807) is 11.8 Å². The molecule has 0 radical (unpaired) electrons. The van der Waals surface area contributed by atoms with E-state index < -0.39 is 9.84 Å². The van der Waals surface area contributed by atoms with Crippen molar-refractivity contribution in [1.29, 1.82) is 0 Å². The number of sulfone groups is 1. The van der Waals surface area contributed by atoms with Gasteiger partial charge in [0, 0.05) is 29.8 Å². The van der Waals surface area contributed by atoms with Crippen LogP contribution in [0.25, 0.3) is 0 Å². The first kappa shape index (κ1) is 13.3. The van der Waals surface area contributed by atoms with Crippen molar-refractivity contribution >= 4 is 21.6 Å². The van der Waals surface area contributed by atoms with Gasteiger partial charge in [0.25, 0.3) is 0 Å². The van der Waals surface area contributed by atoms with E-state index in [0.29, 0.717) is 11.8 Å². The van der Waals surface area contributed by atoms with Crippen molar-refractivity contribution < 1.29 is 13.5 Å². The molecule has 0 bridgehead atoms. The van der Waals surface area contributed by atoms with Gasteiger partial charge in [-0.25, -0.2) is 8.42 Å². The van der Waals surface area contributed by atoms with Gasteiger partial charge in [0.1, 0.15) is 9.84 Å². The molecule has 2 N–H and O–H groups in total. The molecule has 0 amide bonds. The summed E-state index contributed by atoms with van der Waals surface area (Å²) in [5.74, 6) is 1.61. The number of hydrogen-bond donors (Lipinski definition) is 2. The van der Waals surface area contributed by atoms with Crippen LogP contribution in [0.1, 0.15) is 12.8 Å². The van der Waals surface area contributed by atoms with Crippen molar-refractivity contribution in [3.8, 4) is 0 Å². The van der Waals surface area contributed by atoms with E-state index in [-0.39, 0.29) is 18.4 Å². The molecule has 1 saturated carbocycles. The molecule has 1 atom stereocenters. The lowest BCUT2D eigenvalue weighted by molar-refractivity contribution is 0.253. The summed E-state index contributed by atoms with van der Waals surface area (Å²) in [6.07, 6.45) is 3.65. The summed E-state index contributed by atoms with van der Waals surface area (Å²) in [6, 6.07) is 0.694. The highest BCUT2D eigenvalue weighted by Gasteiger charge is 2.23. The van der Waals surface area contributed by atoms with Crippen LogP contribution in [0.15, 0.2) is 0 Å². The van der Waals surface area contributed by atoms with Gasteiger partial charge in [-0.1, -0.05) is 0 Å². The molecule has 0 aliphatic heterocycles. The summed E-state index contributed by atoms with van der Waals surface area (Å²) in [4.78, 5) is 0. The molecule has 6 heteroatoms. The first-order valence-corrected chi connectivity index (χ1v) is 8.35. The number of thioether (sulfide) groups is 1. The second kappa shape index (κ2) is 6.08. The molecular formula is C9H19NO3S2. The van der Waals surface area contributed by atoms with Gasteiger partial charge >= 0.3 is 0 Å². The number of rotatable bonds is 8. The molecular weight excluding hydrogens is 234 g/mol. The van der Waals surface area contributed by atoms with Crippen LogP contribution >= 0.6 is 11.8 Å². The van der Waals surface area contributed by atoms with E-state index in [0.717, 1.165) is 5.75 Å². The van der Waals surface area contributed by atoms with Gasteiger partial charge in [-0.15, -0.1) is 0 Å². The van der Waals surface area contributed by atoms with Gasteiger partial charge in [-0.05, 0) is 12.8 Å². The highest BCUT2D eigenvalue weighted by molar-refractivity contribution is 8.00. The van der Waals surface area contributed by atoms with Gasteiger partial charge in [0.15, 0.2) is 0 Å². The minimum Gasteiger partial charge on any atom is -0.395 e. The topological polar surface area (TPSA) is 66.4 Å². The third-order valence-electron chi connectivity index (χ3n) is 2.19. The first-order chi connectivity index (χ1) is 7.01. The fourth-order valence-corrected chi connectivity index (χ4v) is 3.51. The molecule has 0 heterocycles. The van der Waals surface area contributed by atoms with Crippen LogP contribution in [0.5, 0.6) is 0 Å². The van der Waals surface area contributed by atoms with Gasteiger partial charge in [-0.2, -0.15) is 11.8 Å². The Balaban J connectivity index is 2.05. The van der Waals surface area contributed by atoms with Crippen molar-refractivity contribution in [2.75, 3.05) is 30.1 Å². The van der Waals surface area contributed by atoms with Gasteiger partial charge in [0.05, 0.1) is 12.4 Å². The van der Waals surface area contributed by atoms with E-state index in [2.05, 4.69) is 5.32 Å². The van der Waals surface area contributed by atoms with Crippen molar-refractivity contribution in [3.05, 3.63) is 0 Å². The predicted octanol–water partition coefficient (Wildman–Crippen LogP) is -0.123. The Bertz CT molecular complexity index is 275. The molecule has 4 nitrogen and oxygen atoms in total. The fourth-order valence-electron chi connectivity index (χ4n) is 1.17. The minimum absolute atomic E-state index is 0.113. The molecule has 90 valence electrons. The molecule has 1 rings (SSSR count). The van der Waals surface area contributed by atoms with Crippen LogP contribution < -0.4 is 5.32 Å². The van der Waals surface area contributed by atoms with Crippen LogP contribution in [-0.4, -0.2) is 55.7 Å². The molecule has 0 aromatic heterocycles. The number of nitrogens with one attached hydrogen (secondary N) is 1. The average molecular weight is 253 g/mol. The summed E-state index contributed by atoms with van der Waals surface area (Å²) in [5, 5.41) is 12.4. The Labute approximate surface area is 95.7 Å². The zero-order valence-electron chi connectivity index (χ0n) is 8.98. The highest BCUT2D eigenvalue weighted by Crippen LogP contribution is 2.20. The SMILES string of the molecule is CS(=O)(=O)CCSCC(CO)NC1CC1. The highest BCUT2D eigenvalue weighted by atomic mass is 32.2. The molecule has 1 aliphatic rings. The molecule has 1 unspecified atom stereocenters. The lowest BCUT2D eigenvalue weighted by Crippen LogP contribution is -2.36. The van der Waals surface area contributed by atoms with Crippen LogP contribution in [-0.2, 0) is 9.84 Å². The lowest BCUT2D eigenvalue weighted by Gasteiger charge is -2.14. The smallest absolute Gasteiger partial charge is 0.148 e. The second-order valence-corrected chi connectivity index (χ2v) is 7.43. The van der Waals surface area contributed by atoms with Gasteiger partial charge in [0.2, 0.25) is 0 Å². The van der Waals surface area contributed by atoms with Crippen molar-refractivity contribution in [2.24, 2.45) is 0 Å². The Hall–Kier alpha value is 0.220. The van der Waals surface area contributed by atoms with E-state index in [1.165, 1.54) is 19.1 Å². The quantitative estimate of drug-likeness (QED) is 0.590. The first-order valence-electron chi connectivity index (χ1n) is 5.13. The fraction of sp³-hybridized carbons (Fsp3) is 1.00. The summed E-state index contributed by atoms with van der Waals surface area (Å²) in [7, 11) is -2.84. The maximum absolute atomic E-state index is 10.9. The Morgan fingerprint density at radius 3 is 2.67 bits per heavy atom. The second-order valence-electron chi connectivity index (χ2n) is 4.03. The summed E-state index contributed by atoms with van der Waals surface area (Å²) in [5.41, 5.74) is 0. The number of aliphatic hydroxyl groups is 1. The Kier molecular flexibility index (Phi) is 5.38. The largest absolute Gasteiger partial charge is 0.395 e. The predicted molar refractivity (Wildman–Crippen MR) is 64.1 cm³/mol. The Morgan fingerprint density at radius 2 is 2.20 bits per heavy atom. The zero-order chi connectivity index (χ0) is 11.3. The third kappa shape index (κ3) is 7.16. The zero-order valence-corrected chi connectivity index (χ0v) is 10.6. The van der Waals surface area contributed by atoms with E-state index in [1.807, 2.05) is 0 Å². The summed E-state index contributed by atoms with van der Waals surface area (Å²) < 4.78 is 21.7. The van der Waals surface area contributed by atoms with Gasteiger partial charge < -0.3 is 10.4 Å².